The number of hydrogen-bond acceptors (Lipinski definition) is 5. The maximum absolute atomic E-state index is 12.5. The van der Waals surface area contributed by atoms with Crippen molar-refractivity contribution in [1.29, 1.82) is 0 Å². The Morgan fingerprint density at radius 1 is 1.10 bits per heavy atom. The molecule has 0 saturated carbocycles. The van der Waals surface area contributed by atoms with E-state index >= 15 is 0 Å². The van der Waals surface area contributed by atoms with Crippen LogP contribution in [0.2, 0.25) is 0 Å². The Labute approximate surface area is 188 Å². The Kier molecular flexibility index (Phi) is 6.89. The second-order valence-electron chi connectivity index (χ2n) is 7.54. The lowest BCUT2D eigenvalue weighted by molar-refractivity contribution is -0.390. The predicted octanol–water partition coefficient (Wildman–Crippen LogP) is 4.45. The van der Waals surface area contributed by atoms with E-state index in [0.29, 0.717) is 29.7 Å². The predicted molar refractivity (Wildman–Crippen MR) is 121 cm³/mol. The largest absolute Gasteiger partial charge is 0.404 e. The molecule has 31 heavy (non-hydrogen) atoms. The van der Waals surface area contributed by atoms with Crippen LogP contribution >= 0.6 is 15.9 Å². The zero-order valence-corrected chi connectivity index (χ0v) is 19.6. The van der Waals surface area contributed by atoms with Gasteiger partial charge in [-0.15, -0.1) is 0 Å². The number of carbonyl (C=O) groups is 1. The number of amides is 1. The van der Waals surface area contributed by atoms with E-state index in [-0.39, 0.29) is 18.1 Å². The quantitative estimate of drug-likeness (QED) is 0.372. The van der Waals surface area contributed by atoms with Crippen LogP contribution in [-0.2, 0) is 17.9 Å². The van der Waals surface area contributed by atoms with E-state index in [0.717, 1.165) is 22.6 Å². The zero-order valence-electron chi connectivity index (χ0n) is 18.0. The van der Waals surface area contributed by atoms with E-state index < -0.39 is 4.92 Å². The molecule has 2 aromatic heterocycles. The van der Waals surface area contributed by atoms with Crippen molar-refractivity contribution in [3.8, 4) is 0 Å². The molecular weight excluding hydrogens is 464 g/mol. The highest BCUT2D eigenvalue weighted by Gasteiger charge is 2.23. The summed E-state index contributed by atoms with van der Waals surface area (Å²) in [5.74, 6) is -0.339. The molecule has 1 aromatic carbocycles. The van der Waals surface area contributed by atoms with Crippen LogP contribution in [0.5, 0.6) is 0 Å². The fraction of sp³-hybridized carbons (Fsp3) is 0.381. The summed E-state index contributed by atoms with van der Waals surface area (Å²) in [4.78, 5) is 23.0. The third kappa shape index (κ3) is 5.19. The van der Waals surface area contributed by atoms with Crippen molar-refractivity contribution in [3.05, 3.63) is 67.1 Å². The topological polar surface area (TPSA) is 108 Å². The van der Waals surface area contributed by atoms with E-state index in [1.165, 1.54) is 5.56 Å². The van der Waals surface area contributed by atoms with Crippen LogP contribution in [0.4, 0.5) is 11.5 Å². The second-order valence-corrected chi connectivity index (χ2v) is 8.34. The maximum atomic E-state index is 12.5. The molecule has 164 valence electrons. The summed E-state index contributed by atoms with van der Waals surface area (Å²) in [7, 11) is 0. The fourth-order valence-electron chi connectivity index (χ4n) is 3.33. The normalized spacial score (nSPS) is 11.0. The number of aryl methyl sites for hydroxylation is 3. The second kappa shape index (κ2) is 9.42. The molecule has 0 spiro atoms. The monoisotopic (exact) mass is 488 g/mol. The van der Waals surface area contributed by atoms with Gasteiger partial charge in [-0.1, -0.05) is 29.8 Å². The first-order valence-electron chi connectivity index (χ1n) is 9.94. The molecule has 0 aliphatic heterocycles. The van der Waals surface area contributed by atoms with Crippen molar-refractivity contribution in [3.63, 3.8) is 0 Å². The number of aromatic nitrogens is 4. The molecular formula is C21H25BrN6O3. The van der Waals surface area contributed by atoms with Gasteiger partial charge < -0.3 is 15.4 Å². The SMILES string of the molecule is Cc1ccc(Cn2nc(C)c(NC(=O)CCCn3nc([N+](=O)[O-])c(Br)c3C)c2C)cc1. The van der Waals surface area contributed by atoms with Gasteiger partial charge in [0.1, 0.15) is 4.47 Å². The summed E-state index contributed by atoms with van der Waals surface area (Å²) in [6.07, 6.45) is 0.778. The molecule has 0 unspecified atom stereocenters. The van der Waals surface area contributed by atoms with Gasteiger partial charge in [0.15, 0.2) is 0 Å². The van der Waals surface area contributed by atoms with Gasteiger partial charge in [0.2, 0.25) is 5.91 Å². The molecule has 1 amide bonds. The molecule has 0 aliphatic rings. The molecule has 0 aliphatic carbocycles. The lowest BCUT2D eigenvalue weighted by Crippen LogP contribution is -2.14. The average Bonchev–Trinajstić information content (AvgIpc) is 3.15. The molecule has 1 N–H and O–H groups in total. The third-order valence-corrected chi connectivity index (χ3v) is 6.09. The van der Waals surface area contributed by atoms with Crippen LogP contribution in [0.3, 0.4) is 0 Å². The van der Waals surface area contributed by atoms with Crippen molar-refractivity contribution >= 4 is 33.3 Å². The van der Waals surface area contributed by atoms with Crippen LogP contribution < -0.4 is 5.32 Å². The van der Waals surface area contributed by atoms with Gasteiger partial charge >= 0.3 is 5.82 Å². The maximum Gasteiger partial charge on any atom is 0.404 e. The van der Waals surface area contributed by atoms with E-state index in [1.54, 1.807) is 11.6 Å². The van der Waals surface area contributed by atoms with Gasteiger partial charge in [0.25, 0.3) is 0 Å². The average molecular weight is 489 g/mol. The highest BCUT2D eigenvalue weighted by molar-refractivity contribution is 9.10. The lowest BCUT2D eigenvalue weighted by atomic mass is 10.1. The van der Waals surface area contributed by atoms with Gasteiger partial charge in [-0.2, -0.15) is 9.78 Å². The number of nitrogens with one attached hydrogen (secondary N) is 1. The smallest absolute Gasteiger partial charge is 0.358 e. The van der Waals surface area contributed by atoms with Crippen molar-refractivity contribution in [2.45, 2.75) is 53.6 Å². The molecule has 0 atom stereocenters. The number of nitro groups is 1. The Morgan fingerprint density at radius 2 is 1.77 bits per heavy atom. The van der Waals surface area contributed by atoms with Crippen molar-refractivity contribution in [2.24, 2.45) is 0 Å². The Bertz CT molecular complexity index is 1120. The molecule has 3 aromatic rings. The minimum atomic E-state index is -0.528. The standard InChI is InChI=1S/C21H25BrN6O3/c1-13-7-9-17(10-8-13)12-27-16(4)20(14(2)24-27)23-18(29)6-5-11-26-15(3)19(22)21(25-26)28(30)31/h7-10H,5-6,11-12H2,1-4H3,(H,23,29). The number of nitrogens with zero attached hydrogens (tertiary/aromatic N) is 5. The van der Waals surface area contributed by atoms with Gasteiger partial charge in [-0.05, 0) is 60.5 Å². The molecule has 9 nitrogen and oxygen atoms in total. The van der Waals surface area contributed by atoms with Crippen molar-refractivity contribution in [2.75, 3.05) is 5.32 Å². The van der Waals surface area contributed by atoms with Crippen LogP contribution in [0.25, 0.3) is 0 Å². The molecule has 0 bridgehead atoms. The third-order valence-electron chi connectivity index (χ3n) is 5.16. The molecule has 0 saturated heterocycles. The first kappa shape index (κ1) is 22.7. The fourth-order valence-corrected chi connectivity index (χ4v) is 3.76. The summed E-state index contributed by atoms with van der Waals surface area (Å²) in [5.41, 5.74) is 5.40. The van der Waals surface area contributed by atoms with E-state index in [2.05, 4.69) is 62.6 Å². The Hall–Kier alpha value is -3.01. The van der Waals surface area contributed by atoms with Gasteiger partial charge in [-0.25, -0.2) is 0 Å². The summed E-state index contributed by atoms with van der Waals surface area (Å²) in [5, 5.41) is 22.5. The number of benzene rings is 1. The van der Waals surface area contributed by atoms with Crippen LogP contribution in [-0.4, -0.2) is 30.4 Å². The number of hydrogen-bond donors (Lipinski definition) is 1. The van der Waals surface area contributed by atoms with Crippen molar-refractivity contribution < 1.29 is 9.72 Å². The van der Waals surface area contributed by atoms with Gasteiger partial charge in [0, 0.05) is 6.42 Å². The van der Waals surface area contributed by atoms with E-state index in [1.807, 2.05) is 18.5 Å². The number of halogens is 1. The Balaban J connectivity index is 1.59. The number of rotatable bonds is 8. The van der Waals surface area contributed by atoms with Crippen LogP contribution in [0.1, 0.15) is 41.1 Å². The summed E-state index contributed by atoms with van der Waals surface area (Å²) in [6.45, 7) is 8.66. The number of carbonyl (C=O) groups excluding carboxylic acids is 1. The Morgan fingerprint density at radius 3 is 2.39 bits per heavy atom. The lowest BCUT2D eigenvalue weighted by Gasteiger charge is -2.08. The highest BCUT2D eigenvalue weighted by atomic mass is 79.9. The highest BCUT2D eigenvalue weighted by Crippen LogP contribution is 2.27. The number of anilines is 1. The minimum Gasteiger partial charge on any atom is -0.358 e. The van der Waals surface area contributed by atoms with Crippen LogP contribution in [0, 0.1) is 37.8 Å². The van der Waals surface area contributed by atoms with Gasteiger partial charge in [-0.3, -0.25) is 9.48 Å². The molecule has 3 rings (SSSR count). The molecule has 0 fully saturated rings. The van der Waals surface area contributed by atoms with Crippen molar-refractivity contribution in [1.82, 2.24) is 19.6 Å². The van der Waals surface area contributed by atoms with E-state index in [4.69, 9.17) is 0 Å². The molecule has 2 heterocycles. The molecule has 10 heteroatoms. The van der Waals surface area contributed by atoms with Gasteiger partial charge in [0.05, 0.1) is 41.0 Å². The van der Waals surface area contributed by atoms with E-state index in [9.17, 15) is 14.9 Å². The summed E-state index contributed by atoms with van der Waals surface area (Å²) in [6, 6.07) is 8.28. The minimum absolute atomic E-state index is 0.125. The first-order valence-corrected chi connectivity index (χ1v) is 10.7. The van der Waals surface area contributed by atoms with Crippen LogP contribution in [0.15, 0.2) is 28.7 Å². The molecule has 0 radical (unpaired) electrons. The zero-order chi connectivity index (χ0) is 22.7. The summed E-state index contributed by atoms with van der Waals surface area (Å²) >= 11 is 3.20. The summed E-state index contributed by atoms with van der Waals surface area (Å²) < 4.78 is 3.81. The first-order chi connectivity index (χ1) is 14.7.